The Bertz CT molecular complexity index is 2010. The van der Waals surface area contributed by atoms with E-state index < -0.39 is 0 Å². The molecule has 0 fully saturated rings. The van der Waals surface area contributed by atoms with Gasteiger partial charge in [-0.3, -0.25) is 0 Å². The van der Waals surface area contributed by atoms with Crippen molar-refractivity contribution in [3.8, 4) is 44.3 Å². The minimum atomic E-state index is 0.747. The van der Waals surface area contributed by atoms with E-state index >= 15 is 0 Å². The lowest BCUT2D eigenvalue weighted by Gasteiger charge is -2.07. The first-order valence-electron chi connectivity index (χ1n) is 13.8. The predicted molar refractivity (Wildman–Crippen MR) is 171 cm³/mol. The van der Waals surface area contributed by atoms with Gasteiger partial charge in [-0.05, 0) is 36.8 Å². The highest BCUT2D eigenvalue weighted by molar-refractivity contribution is 7.12. The molecule has 5 nitrogen and oxygen atoms in total. The van der Waals surface area contributed by atoms with Crippen molar-refractivity contribution in [1.82, 2.24) is 19.6 Å². The zero-order chi connectivity index (χ0) is 28.3. The highest BCUT2D eigenvalue weighted by Crippen LogP contribution is 2.40. The summed E-state index contributed by atoms with van der Waals surface area (Å²) >= 11 is 1.56. The fourth-order valence-corrected chi connectivity index (χ4v) is 5.84. The fourth-order valence-electron chi connectivity index (χ4n) is 4.93. The smallest absolute Gasteiger partial charge is 0.214 e. The number of hydrogen-bond acceptors (Lipinski definition) is 4. The van der Waals surface area contributed by atoms with Crippen LogP contribution in [0.25, 0.3) is 44.3 Å². The Kier molecular flexibility index (Phi) is 6.88. The molecule has 7 rings (SSSR count). The molecule has 7 aromatic rings. The number of aryl methyl sites for hydroxylation is 1. The highest BCUT2D eigenvalue weighted by atomic mass is 32.1. The van der Waals surface area contributed by atoms with Crippen LogP contribution < -0.4 is 4.80 Å². The van der Waals surface area contributed by atoms with E-state index in [1.807, 2.05) is 82.2 Å². The van der Waals surface area contributed by atoms with E-state index in [1.165, 1.54) is 5.56 Å². The maximum atomic E-state index is 5.40. The minimum Gasteiger partial charge on any atom is -0.214 e. The molecule has 0 radical (unpaired) electrons. The Morgan fingerprint density at radius 1 is 0.524 bits per heavy atom. The molecule has 0 N–H and O–H groups in total. The van der Waals surface area contributed by atoms with Gasteiger partial charge in [0.2, 0.25) is 4.80 Å². The predicted octanol–water partition coefficient (Wildman–Crippen LogP) is 8.66. The molecular weight excluding hydrogens is 534 g/mol. The molecule has 2 aromatic heterocycles. The van der Waals surface area contributed by atoms with Crippen LogP contribution in [0.2, 0.25) is 0 Å². The molecule has 0 spiro atoms. The summed E-state index contributed by atoms with van der Waals surface area (Å²) in [5, 5.41) is 11.1. The molecule has 42 heavy (non-hydrogen) atoms. The molecule has 0 bridgehead atoms. The van der Waals surface area contributed by atoms with Crippen molar-refractivity contribution in [2.24, 2.45) is 4.99 Å². The van der Waals surface area contributed by atoms with E-state index in [-0.39, 0.29) is 0 Å². The van der Waals surface area contributed by atoms with Gasteiger partial charge in [-0.2, -0.15) is 15.2 Å². The summed E-state index contributed by atoms with van der Waals surface area (Å²) in [4.78, 5) is 6.16. The summed E-state index contributed by atoms with van der Waals surface area (Å²) in [6.45, 7) is 2.10. The van der Waals surface area contributed by atoms with Crippen molar-refractivity contribution < 1.29 is 0 Å². The molecule has 0 saturated heterocycles. The zero-order valence-electron chi connectivity index (χ0n) is 23.0. The minimum absolute atomic E-state index is 0.747. The lowest BCUT2D eigenvalue weighted by Crippen LogP contribution is -2.14. The number of benzene rings is 5. The van der Waals surface area contributed by atoms with Gasteiger partial charge in [-0.15, -0.1) is 0 Å². The fraction of sp³-hybridized carbons (Fsp3) is 0.0278. The van der Waals surface area contributed by atoms with Gasteiger partial charge < -0.3 is 0 Å². The van der Waals surface area contributed by atoms with E-state index in [0.717, 1.165) is 54.9 Å². The molecule has 0 unspecified atom stereocenters. The lowest BCUT2D eigenvalue weighted by atomic mass is 10.00. The van der Waals surface area contributed by atoms with Crippen molar-refractivity contribution in [2.45, 2.75) is 6.92 Å². The standard InChI is InChI=1S/C36H27N5S/c1-26-22-24-27(25-23-26)32-33(28-14-6-2-7-15-28)38-40(30-18-10-4-11-19-30)34(32)37-36-41(31-20-12-5-13-21-31)39-35(42-36)29-16-8-3-9-17-29/h2-25H,1H3. The van der Waals surface area contributed by atoms with E-state index in [2.05, 4.69) is 79.7 Å². The molecule has 0 aliphatic rings. The first-order valence-corrected chi connectivity index (χ1v) is 14.6. The maximum absolute atomic E-state index is 5.40. The monoisotopic (exact) mass is 561 g/mol. The average molecular weight is 562 g/mol. The Balaban J connectivity index is 1.57. The molecule has 0 atom stereocenters. The molecule has 0 aliphatic carbocycles. The van der Waals surface area contributed by atoms with Gasteiger partial charge in [-0.25, -0.2) is 9.36 Å². The molecule has 0 aliphatic heterocycles. The van der Waals surface area contributed by atoms with Gasteiger partial charge in [0.25, 0.3) is 0 Å². The van der Waals surface area contributed by atoms with Crippen LogP contribution in [0.4, 0.5) is 5.82 Å². The van der Waals surface area contributed by atoms with Crippen LogP contribution in [0.1, 0.15) is 5.56 Å². The second kappa shape index (κ2) is 11.3. The number of para-hydroxylation sites is 2. The number of rotatable bonds is 6. The summed E-state index contributed by atoms with van der Waals surface area (Å²) in [6.07, 6.45) is 0. The van der Waals surface area contributed by atoms with Crippen LogP contribution in [0.5, 0.6) is 0 Å². The first kappa shape index (κ1) is 25.6. The third-order valence-corrected chi connectivity index (χ3v) is 7.99. The van der Waals surface area contributed by atoms with E-state index in [0.29, 0.717) is 0 Å². The molecule has 202 valence electrons. The topological polar surface area (TPSA) is 48.0 Å². The van der Waals surface area contributed by atoms with Gasteiger partial charge in [0.05, 0.1) is 16.9 Å². The van der Waals surface area contributed by atoms with Crippen molar-refractivity contribution in [3.63, 3.8) is 0 Å². The van der Waals surface area contributed by atoms with Crippen LogP contribution in [0, 0.1) is 6.92 Å². The quantitative estimate of drug-likeness (QED) is 0.204. The summed E-state index contributed by atoms with van der Waals surface area (Å²) in [7, 11) is 0. The van der Waals surface area contributed by atoms with Crippen molar-refractivity contribution >= 4 is 17.2 Å². The van der Waals surface area contributed by atoms with Crippen LogP contribution in [-0.2, 0) is 0 Å². The van der Waals surface area contributed by atoms with Crippen LogP contribution in [0.15, 0.2) is 151 Å². The summed E-state index contributed by atoms with van der Waals surface area (Å²) in [5.41, 5.74) is 8.07. The zero-order valence-corrected chi connectivity index (χ0v) is 23.8. The Morgan fingerprint density at radius 3 is 1.64 bits per heavy atom. The van der Waals surface area contributed by atoms with Crippen molar-refractivity contribution in [2.75, 3.05) is 0 Å². The van der Waals surface area contributed by atoms with Crippen molar-refractivity contribution in [1.29, 1.82) is 0 Å². The molecule has 0 amide bonds. The Hall–Kier alpha value is -5.33. The van der Waals surface area contributed by atoms with Crippen LogP contribution in [0.3, 0.4) is 0 Å². The van der Waals surface area contributed by atoms with E-state index in [1.54, 1.807) is 11.3 Å². The van der Waals surface area contributed by atoms with Crippen LogP contribution in [-0.4, -0.2) is 19.6 Å². The van der Waals surface area contributed by atoms with E-state index in [4.69, 9.17) is 15.2 Å². The molecule has 5 aromatic carbocycles. The third-order valence-electron chi connectivity index (χ3n) is 7.03. The second-order valence-corrected chi connectivity index (χ2v) is 10.9. The van der Waals surface area contributed by atoms with Crippen molar-refractivity contribution in [3.05, 3.63) is 156 Å². The number of hydrogen-bond donors (Lipinski definition) is 0. The maximum Gasteiger partial charge on any atom is 0.214 e. The summed E-state index contributed by atoms with van der Waals surface area (Å²) in [5.74, 6) is 0.747. The van der Waals surface area contributed by atoms with Gasteiger partial charge in [-0.1, -0.05) is 138 Å². The normalized spacial score (nSPS) is 11.6. The Morgan fingerprint density at radius 2 is 1.05 bits per heavy atom. The Labute approximate surface area is 248 Å². The summed E-state index contributed by atoms with van der Waals surface area (Å²) in [6, 6.07) is 49.5. The highest BCUT2D eigenvalue weighted by Gasteiger charge is 2.22. The lowest BCUT2D eigenvalue weighted by molar-refractivity contribution is 0.823. The molecule has 2 heterocycles. The van der Waals surface area contributed by atoms with E-state index in [9.17, 15) is 0 Å². The largest absolute Gasteiger partial charge is 0.214 e. The second-order valence-electron chi connectivity index (χ2n) is 9.94. The average Bonchev–Trinajstić information content (AvgIpc) is 3.66. The molecule has 0 saturated carbocycles. The number of aromatic nitrogens is 4. The first-order chi connectivity index (χ1) is 20.7. The van der Waals surface area contributed by atoms with Gasteiger partial charge in [0, 0.05) is 11.1 Å². The SMILES string of the molecule is Cc1ccc(-c2c(-c3ccccc3)nn(-c3ccccc3)c2N=c2sc(-c3ccccc3)nn2-c2ccccc2)cc1. The van der Waals surface area contributed by atoms with Gasteiger partial charge in [0.15, 0.2) is 5.82 Å². The van der Waals surface area contributed by atoms with Crippen LogP contribution >= 0.6 is 11.3 Å². The molecule has 6 heteroatoms. The van der Waals surface area contributed by atoms with Gasteiger partial charge >= 0.3 is 0 Å². The third kappa shape index (κ3) is 5.00. The number of nitrogens with zero attached hydrogens (tertiary/aromatic N) is 5. The summed E-state index contributed by atoms with van der Waals surface area (Å²) < 4.78 is 3.88. The molecular formula is C36H27N5S. The van der Waals surface area contributed by atoms with Gasteiger partial charge in [0.1, 0.15) is 10.7 Å².